The lowest BCUT2D eigenvalue weighted by atomic mass is 10.1. The molecular weight excluding hydrogens is 240 g/mol. The van der Waals surface area contributed by atoms with E-state index in [1.54, 1.807) is 13.0 Å². The summed E-state index contributed by atoms with van der Waals surface area (Å²) in [4.78, 5) is 11.6. The average molecular weight is 257 g/mol. The number of rotatable bonds is 5. The second-order valence-corrected chi connectivity index (χ2v) is 4.03. The van der Waals surface area contributed by atoms with Crippen molar-refractivity contribution in [2.24, 2.45) is 0 Å². The molecule has 0 fully saturated rings. The van der Waals surface area contributed by atoms with Gasteiger partial charge in [-0.25, -0.2) is 0 Å². The van der Waals surface area contributed by atoms with Gasteiger partial charge in [-0.15, -0.1) is 11.6 Å². The van der Waals surface area contributed by atoms with E-state index in [-0.39, 0.29) is 0 Å². The van der Waals surface area contributed by atoms with Gasteiger partial charge >= 0.3 is 5.97 Å². The lowest BCUT2D eigenvalue weighted by Gasteiger charge is -2.14. The van der Waals surface area contributed by atoms with Crippen LogP contribution in [0.25, 0.3) is 0 Å². The van der Waals surface area contributed by atoms with Crippen molar-refractivity contribution in [3.8, 4) is 5.75 Å². The van der Waals surface area contributed by atoms with Crippen molar-refractivity contribution < 1.29 is 14.3 Å². The van der Waals surface area contributed by atoms with E-state index in [1.165, 1.54) is 0 Å². The summed E-state index contributed by atoms with van der Waals surface area (Å²) in [5, 5.41) is -0.822. The first kappa shape index (κ1) is 13.8. The molecule has 1 aromatic carbocycles. The molecule has 0 saturated carbocycles. The van der Waals surface area contributed by atoms with Crippen LogP contribution in [0.15, 0.2) is 18.2 Å². The Labute approximate surface area is 107 Å². The minimum Gasteiger partial charge on any atom is -0.494 e. The Balaban J connectivity index is 2.99. The maximum atomic E-state index is 11.6. The SMILES string of the molecule is CCOC(=O)C(Cl)c1ccc(C)cc1OCC. The molecule has 0 bridgehead atoms. The Kier molecular flexibility index (Phi) is 5.29. The largest absolute Gasteiger partial charge is 0.494 e. The van der Waals surface area contributed by atoms with Crippen molar-refractivity contribution in [1.29, 1.82) is 0 Å². The monoisotopic (exact) mass is 256 g/mol. The standard InChI is InChI=1S/C13H17ClO3/c1-4-16-11-8-9(3)6-7-10(11)12(14)13(15)17-5-2/h6-8,12H,4-5H2,1-3H3. The summed E-state index contributed by atoms with van der Waals surface area (Å²) in [6.07, 6.45) is 0. The maximum absolute atomic E-state index is 11.6. The predicted octanol–water partition coefficient (Wildman–Crippen LogP) is 3.24. The minimum atomic E-state index is -0.822. The molecule has 1 rings (SSSR count). The molecule has 94 valence electrons. The smallest absolute Gasteiger partial charge is 0.328 e. The third-order valence-corrected chi connectivity index (χ3v) is 2.65. The van der Waals surface area contributed by atoms with Gasteiger partial charge in [-0.3, -0.25) is 4.79 Å². The molecule has 3 nitrogen and oxygen atoms in total. The first-order chi connectivity index (χ1) is 8.10. The summed E-state index contributed by atoms with van der Waals surface area (Å²) in [6, 6.07) is 5.56. The molecule has 0 aliphatic carbocycles. The third kappa shape index (κ3) is 3.63. The molecule has 0 spiro atoms. The predicted molar refractivity (Wildman–Crippen MR) is 67.6 cm³/mol. The fourth-order valence-electron chi connectivity index (χ4n) is 1.47. The van der Waals surface area contributed by atoms with E-state index in [0.717, 1.165) is 5.56 Å². The molecule has 0 N–H and O–H groups in total. The summed E-state index contributed by atoms with van der Waals surface area (Å²) in [7, 11) is 0. The van der Waals surface area contributed by atoms with Crippen molar-refractivity contribution in [2.45, 2.75) is 26.1 Å². The van der Waals surface area contributed by atoms with Crippen molar-refractivity contribution in [1.82, 2.24) is 0 Å². The molecule has 1 atom stereocenters. The van der Waals surface area contributed by atoms with Crippen LogP contribution in [0.2, 0.25) is 0 Å². The van der Waals surface area contributed by atoms with Crippen LogP contribution >= 0.6 is 11.6 Å². The molecule has 4 heteroatoms. The van der Waals surface area contributed by atoms with E-state index in [2.05, 4.69) is 0 Å². The number of ether oxygens (including phenoxy) is 2. The van der Waals surface area contributed by atoms with E-state index < -0.39 is 11.3 Å². The highest BCUT2D eigenvalue weighted by Crippen LogP contribution is 2.31. The Morgan fingerprint density at radius 1 is 1.35 bits per heavy atom. The Morgan fingerprint density at radius 2 is 2.06 bits per heavy atom. The van der Waals surface area contributed by atoms with E-state index in [0.29, 0.717) is 24.5 Å². The van der Waals surface area contributed by atoms with E-state index in [9.17, 15) is 4.79 Å². The number of carbonyl (C=O) groups is 1. The number of benzene rings is 1. The van der Waals surface area contributed by atoms with Crippen molar-refractivity contribution in [3.63, 3.8) is 0 Å². The molecule has 17 heavy (non-hydrogen) atoms. The van der Waals surface area contributed by atoms with Gasteiger partial charge in [-0.1, -0.05) is 12.1 Å². The van der Waals surface area contributed by atoms with Crippen LogP contribution in [0.1, 0.15) is 30.4 Å². The number of carbonyl (C=O) groups excluding carboxylic acids is 1. The Hall–Kier alpha value is -1.22. The number of alkyl halides is 1. The van der Waals surface area contributed by atoms with E-state index in [1.807, 2.05) is 26.0 Å². The van der Waals surface area contributed by atoms with Crippen LogP contribution in [-0.2, 0) is 9.53 Å². The van der Waals surface area contributed by atoms with Gasteiger partial charge in [0.2, 0.25) is 0 Å². The summed E-state index contributed by atoms with van der Waals surface area (Å²) in [5.74, 6) is 0.194. The fraction of sp³-hybridized carbons (Fsp3) is 0.462. The van der Waals surface area contributed by atoms with Crippen molar-refractivity contribution in [2.75, 3.05) is 13.2 Å². The zero-order valence-corrected chi connectivity index (χ0v) is 11.1. The number of hydrogen-bond donors (Lipinski definition) is 0. The van der Waals surface area contributed by atoms with Crippen LogP contribution in [0, 0.1) is 6.92 Å². The van der Waals surface area contributed by atoms with Crippen LogP contribution in [0.5, 0.6) is 5.75 Å². The molecule has 1 unspecified atom stereocenters. The number of halogens is 1. The molecular formula is C13H17ClO3. The summed E-state index contributed by atoms with van der Waals surface area (Å²) in [5.41, 5.74) is 1.71. The van der Waals surface area contributed by atoms with Gasteiger partial charge in [0.05, 0.1) is 13.2 Å². The van der Waals surface area contributed by atoms with Gasteiger partial charge in [-0.05, 0) is 32.4 Å². The minimum absolute atomic E-state index is 0.317. The van der Waals surface area contributed by atoms with Gasteiger partial charge in [0.15, 0.2) is 5.38 Å². The Bertz CT molecular complexity index is 390. The molecule has 0 aliphatic rings. The van der Waals surface area contributed by atoms with Gasteiger partial charge in [0.25, 0.3) is 0 Å². The zero-order chi connectivity index (χ0) is 12.8. The molecule has 0 radical (unpaired) electrons. The number of aryl methyl sites for hydroxylation is 1. The van der Waals surface area contributed by atoms with E-state index in [4.69, 9.17) is 21.1 Å². The average Bonchev–Trinajstić information content (AvgIpc) is 2.29. The van der Waals surface area contributed by atoms with Crippen LogP contribution in [0.3, 0.4) is 0 Å². The van der Waals surface area contributed by atoms with Crippen LogP contribution < -0.4 is 4.74 Å². The number of esters is 1. The summed E-state index contributed by atoms with van der Waals surface area (Å²) in [6.45, 7) is 6.44. The summed E-state index contributed by atoms with van der Waals surface area (Å²) < 4.78 is 10.4. The second-order valence-electron chi connectivity index (χ2n) is 3.59. The molecule has 0 aliphatic heterocycles. The fourth-order valence-corrected chi connectivity index (χ4v) is 1.72. The van der Waals surface area contributed by atoms with Crippen molar-refractivity contribution >= 4 is 17.6 Å². The third-order valence-electron chi connectivity index (χ3n) is 2.24. The van der Waals surface area contributed by atoms with Crippen molar-refractivity contribution in [3.05, 3.63) is 29.3 Å². The summed E-state index contributed by atoms with van der Waals surface area (Å²) >= 11 is 6.07. The zero-order valence-electron chi connectivity index (χ0n) is 10.3. The van der Waals surface area contributed by atoms with Gasteiger partial charge in [0, 0.05) is 5.56 Å². The lowest BCUT2D eigenvalue weighted by Crippen LogP contribution is -2.12. The van der Waals surface area contributed by atoms with Gasteiger partial charge < -0.3 is 9.47 Å². The highest BCUT2D eigenvalue weighted by molar-refractivity contribution is 6.30. The maximum Gasteiger partial charge on any atom is 0.328 e. The molecule has 0 aromatic heterocycles. The first-order valence-electron chi connectivity index (χ1n) is 5.64. The molecule has 0 saturated heterocycles. The van der Waals surface area contributed by atoms with Crippen LogP contribution in [0.4, 0.5) is 0 Å². The molecule has 0 amide bonds. The molecule has 0 heterocycles. The number of hydrogen-bond acceptors (Lipinski definition) is 3. The van der Waals surface area contributed by atoms with Crippen LogP contribution in [-0.4, -0.2) is 19.2 Å². The van der Waals surface area contributed by atoms with Gasteiger partial charge in [0.1, 0.15) is 5.75 Å². The van der Waals surface area contributed by atoms with Gasteiger partial charge in [-0.2, -0.15) is 0 Å². The topological polar surface area (TPSA) is 35.5 Å². The normalized spacial score (nSPS) is 12.0. The lowest BCUT2D eigenvalue weighted by molar-refractivity contribution is -0.142. The quantitative estimate of drug-likeness (QED) is 0.599. The highest BCUT2D eigenvalue weighted by Gasteiger charge is 2.22. The molecule has 1 aromatic rings. The van der Waals surface area contributed by atoms with E-state index >= 15 is 0 Å². The second kappa shape index (κ2) is 6.50. The first-order valence-corrected chi connectivity index (χ1v) is 6.07. The highest BCUT2D eigenvalue weighted by atomic mass is 35.5. The Morgan fingerprint density at radius 3 is 2.65 bits per heavy atom.